The standard InChI is InChI=1S/C13H14O6/c1-18-9-5-8(7-14)10(12(6-9)19-2)3-4-11(15)13(16)17/h3-6,14H,7H2,1-2H3,(H,16,17)/b4-3+. The highest BCUT2D eigenvalue weighted by Crippen LogP contribution is 2.30. The van der Waals surface area contributed by atoms with Gasteiger partial charge in [0.05, 0.1) is 20.8 Å². The Morgan fingerprint density at radius 2 is 1.95 bits per heavy atom. The maximum absolute atomic E-state index is 11.0. The number of carbonyl (C=O) groups excluding carboxylic acids is 1. The number of ether oxygens (including phenoxy) is 2. The molecule has 0 fully saturated rings. The third kappa shape index (κ3) is 3.56. The summed E-state index contributed by atoms with van der Waals surface area (Å²) in [6, 6.07) is 3.15. The highest BCUT2D eigenvalue weighted by atomic mass is 16.5. The summed E-state index contributed by atoms with van der Waals surface area (Å²) >= 11 is 0. The number of aliphatic hydroxyl groups is 1. The van der Waals surface area contributed by atoms with Crippen LogP contribution in [0.5, 0.6) is 11.5 Å². The number of hydrogen-bond donors (Lipinski definition) is 2. The van der Waals surface area contributed by atoms with E-state index in [4.69, 9.17) is 14.6 Å². The number of aliphatic hydroxyl groups excluding tert-OH is 1. The second kappa shape index (κ2) is 6.55. The summed E-state index contributed by atoms with van der Waals surface area (Å²) in [7, 11) is 2.89. The van der Waals surface area contributed by atoms with E-state index in [0.29, 0.717) is 22.6 Å². The van der Waals surface area contributed by atoms with E-state index in [2.05, 4.69) is 0 Å². The molecule has 1 aromatic rings. The van der Waals surface area contributed by atoms with Crippen molar-refractivity contribution >= 4 is 17.8 Å². The first-order valence-electron chi connectivity index (χ1n) is 5.34. The van der Waals surface area contributed by atoms with Gasteiger partial charge < -0.3 is 19.7 Å². The van der Waals surface area contributed by atoms with Crippen LogP contribution < -0.4 is 9.47 Å². The predicted molar refractivity (Wildman–Crippen MR) is 67.1 cm³/mol. The van der Waals surface area contributed by atoms with Crippen molar-refractivity contribution in [3.63, 3.8) is 0 Å². The molecule has 0 aromatic heterocycles. The van der Waals surface area contributed by atoms with Crippen LogP contribution in [0.25, 0.3) is 6.08 Å². The van der Waals surface area contributed by atoms with Crippen molar-refractivity contribution in [3.05, 3.63) is 29.3 Å². The second-order valence-corrected chi connectivity index (χ2v) is 3.56. The predicted octanol–water partition coefficient (Wildman–Crippen LogP) is 0.863. The maximum atomic E-state index is 11.0. The van der Waals surface area contributed by atoms with Crippen molar-refractivity contribution in [2.75, 3.05) is 14.2 Å². The molecule has 0 radical (unpaired) electrons. The van der Waals surface area contributed by atoms with Crippen molar-refractivity contribution in [2.45, 2.75) is 6.61 Å². The van der Waals surface area contributed by atoms with Crippen LogP contribution in [0.3, 0.4) is 0 Å². The maximum Gasteiger partial charge on any atom is 0.376 e. The molecular weight excluding hydrogens is 252 g/mol. The van der Waals surface area contributed by atoms with Gasteiger partial charge in [-0.25, -0.2) is 4.79 Å². The Balaban J connectivity index is 3.24. The lowest BCUT2D eigenvalue weighted by Crippen LogP contribution is -2.08. The van der Waals surface area contributed by atoms with Gasteiger partial charge >= 0.3 is 5.97 Å². The lowest BCUT2D eigenvalue weighted by atomic mass is 10.0. The van der Waals surface area contributed by atoms with Gasteiger partial charge in [0.2, 0.25) is 0 Å². The zero-order valence-corrected chi connectivity index (χ0v) is 10.5. The normalized spacial score (nSPS) is 10.5. The lowest BCUT2D eigenvalue weighted by molar-refractivity contribution is -0.146. The largest absolute Gasteiger partial charge is 0.497 e. The Morgan fingerprint density at radius 1 is 1.26 bits per heavy atom. The SMILES string of the molecule is COc1cc(CO)c(/C=C/C(=O)C(=O)O)c(OC)c1. The lowest BCUT2D eigenvalue weighted by Gasteiger charge is -2.11. The molecule has 19 heavy (non-hydrogen) atoms. The third-order valence-corrected chi connectivity index (χ3v) is 2.44. The van der Waals surface area contributed by atoms with Crippen LogP contribution in [-0.2, 0) is 16.2 Å². The highest BCUT2D eigenvalue weighted by molar-refractivity contribution is 6.38. The molecule has 102 valence electrons. The Bertz CT molecular complexity index is 493. The Hall–Kier alpha value is -2.34. The van der Waals surface area contributed by atoms with Gasteiger partial charge in [-0.05, 0) is 23.8 Å². The van der Waals surface area contributed by atoms with E-state index >= 15 is 0 Å². The first-order valence-corrected chi connectivity index (χ1v) is 5.34. The van der Waals surface area contributed by atoms with Gasteiger partial charge in [0.15, 0.2) is 0 Å². The monoisotopic (exact) mass is 266 g/mol. The summed E-state index contributed by atoms with van der Waals surface area (Å²) in [4.78, 5) is 21.5. The van der Waals surface area contributed by atoms with Crippen molar-refractivity contribution in [2.24, 2.45) is 0 Å². The topological polar surface area (TPSA) is 93.1 Å². The molecule has 0 aliphatic carbocycles. The van der Waals surface area contributed by atoms with Crippen LogP contribution in [0, 0.1) is 0 Å². The van der Waals surface area contributed by atoms with Crippen molar-refractivity contribution in [3.8, 4) is 11.5 Å². The molecule has 0 bridgehead atoms. The first kappa shape index (κ1) is 14.7. The first-order chi connectivity index (χ1) is 9.03. The molecule has 0 heterocycles. The van der Waals surface area contributed by atoms with Gasteiger partial charge in [-0.15, -0.1) is 0 Å². The number of aliphatic carboxylic acids is 1. The van der Waals surface area contributed by atoms with Crippen LogP contribution >= 0.6 is 0 Å². The van der Waals surface area contributed by atoms with E-state index in [1.165, 1.54) is 20.3 Å². The molecule has 6 nitrogen and oxygen atoms in total. The van der Waals surface area contributed by atoms with Gasteiger partial charge in [-0.2, -0.15) is 0 Å². The minimum absolute atomic E-state index is 0.297. The van der Waals surface area contributed by atoms with E-state index in [-0.39, 0.29) is 6.61 Å². The Morgan fingerprint density at radius 3 is 2.42 bits per heavy atom. The average Bonchev–Trinajstić information content (AvgIpc) is 2.43. The van der Waals surface area contributed by atoms with Gasteiger partial charge in [-0.1, -0.05) is 0 Å². The minimum atomic E-state index is -1.55. The highest BCUT2D eigenvalue weighted by Gasteiger charge is 2.11. The molecule has 0 atom stereocenters. The number of carbonyl (C=O) groups is 2. The molecule has 0 amide bonds. The number of carboxylic acids is 1. The van der Waals surface area contributed by atoms with E-state index in [0.717, 1.165) is 6.08 Å². The number of benzene rings is 1. The van der Waals surface area contributed by atoms with Crippen LogP contribution in [-0.4, -0.2) is 36.2 Å². The van der Waals surface area contributed by atoms with Crippen molar-refractivity contribution in [1.82, 2.24) is 0 Å². The average molecular weight is 266 g/mol. The molecule has 0 aliphatic rings. The zero-order chi connectivity index (χ0) is 14.4. The molecule has 1 rings (SSSR count). The molecular formula is C13H14O6. The van der Waals surface area contributed by atoms with Gasteiger partial charge in [0.1, 0.15) is 11.5 Å². The fraction of sp³-hybridized carbons (Fsp3) is 0.231. The smallest absolute Gasteiger partial charge is 0.376 e. The van der Waals surface area contributed by atoms with Crippen LogP contribution in [0.1, 0.15) is 11.1 Å². The minimum Gasteiger partial charge on any atom is -0.497 e. The summed E-state index contributed by atoms with van der Waals surface area (Å²) in [6.07, 6.45) is 2.20. The summed E-state index contributed by atoms with van der Waals surface area (Å²) in [5.74, 6) is -1.74. The van der Waals surface area contributed by atoms with E-state index in [1.807, 2.05) is 0 Å². The quantitative estimate of drug-likeness (QED) is 0.586. The summed E-state index contributed by atoms with van der Waals surface area (Å²) in [5, 5.41) is 17.8. The summed E-state index contributed by atoms with van der Waals surface area (Å²) in [6.45, 7) is -0.297. The Kier molecular flexibility index (Phi) is 5.08. The van der Waals surface area contributed by atoms with Crippen LogP contribution in [0.2, 0.25) is 0 Å². The second-order valence-electron chi connectivity index (χ2n) is 3.56. The van der Waals surface area contributed by atoms with Crippen molar-refractivity contribution < 1.29 is 29.3 Å². The molecule has 0 aliphatic heterocycles. The zero-order valence-electron chi connectivity index (χ0n) is 10.5. The number of ketones is 1. The molecule has 0 unspecified atom stereocenters. The number of methoxy groups -OCH3 is 2. The van der Waals surface area contributed by atoms with Gasteiger partial charge in [-0.3, -0.25) is 4.79 Å². The number of rotatable bonds is 6. The number of hydrogen-bond acceptors (Lipinski definition) is 5. The van der Waals surface area contributed by atoms with E-state index in [9.17, 15) is 14.7 Å². The van der Waals surface area contributed by atoms with Gasteiger partial charge in [0.25, 0.3) is 5.78 Å². The fourth-order valence-electron chi connectivity index (χ4n) is 1.49. The Labute approximate surface area is 109 Å². The van der Waals surface area contributed by atoms with Gasteiger partial charge in [0, 0.05) is 11.6 Å². The van der Waals surface area contributed by atoms with Crippen LogP contribution in [0.4, 0.5) is 0 Å². The van der Waals surface area contributed by atoms with E-state index in [1.54, 1.807) is 12.1 Å². The third-order valence-electron chi connectivity index (χ3n) is 2.44. The molecule has 0 saturated heterocycles. The molecule has 2 N–H and O–H groups in total. The number of carboxylic acid groups (broad SMARTS) is 1. The van der Waals surface area contributed by atoms with Crippen LogP contribution in [0.15, 0.2) is 18.2 Å². The molecule has 0 saturated carbocycles. The molecule has 0 spiro atoms. The van der Waals surface area contributed by atoms with E-state index < -0.39 is 11.8 Å². The van der Waals surface area contributed by atoms with Crippen molar-refractivity contribution in [1.29, 1.82) is 0 Å². The summed E-state index contributed by atoms with van der Waals surface area (Å²) < 4.78 is 10.2. The molecule has 6 heteroatoms. The fourth-order valence-corrected chi connectivity index (χ4v) is 1.49. The summed E-state index contributed by atoms with van der Waals surface area (Å²) in [5.41, 5.74) is 0.894. The molecule has 1 aromatic carbocycles.